The number of thiophene rings is 2. The van der Waals surface area contributed by atoms with Gasteiger partial charge in [-0.15, -0.1) is 22.7 Å². The van der Waals surface area contributed by atoms with E-state index in [1.54, 1.807) is 62.4 Å². The minimum atomic E-state index is -0.568. The van der Waals surface area contributed by atoms with Crippen LogP contribution in [-0.2, 0) is 45.0 Å². The smallest absolute Gasteiger partial charge is 0.324 e. The molecule has 4 aromatic rings. The van der Waals surface area contributed by atoms with Gasteiger partial charge in [-0.3, -0.25) is 29.8 Å². The lowest BCUT2D eigenvalue weighted by atomic mass is 10.0. The lowest BCUT2D eigenvalue weighted by Crippen LogP contribution is -3.00. The van der Waals surface area contributed by atoms with Crippen molar-refractivity contribution in [2.24, 2.45) is 11.5 Å². The number of hydrogen-bond acceptors (Lipinski definition) is 10. The molecule has 0 fully saturated rings. The topological polar surface area (TPSA) is 221 Å². The first-order valence-electron chi connectivity index (χ1n) is 20.0. The van der Waals surface area contributed by atoms with Crippen molar-refractivity contribution in [2.75, 3.05) is 74.8 Å². The van der Waals surface area contributed by atoms with Crippen LogP contribution >= 0.6 is 45.9 Å². The number of fused-ring (bicyclic) bond motifs is 2. The summed E-state index contributed by atoms with van der Waals surface area (Å²) in [6.07, 6.45) is 1.96. The van der Waals surface area contributed by atoms with E-state index in [2.05, 4.69) is 35.4 Å². The molecule has 22 heteroatoms. The quantitative estimate of drug-likeness (QED) is 0.0611. The van der Waals surface area contributed by atoms with Gasteiger partial charge in [-0.25, -0.2) is 9.59 Å². The Balaban J connectivity index is 0.000000330. The summed E-state index contributed by atoms with van der Waals surface area (Å²) in [5.41, 5.74) is 14.9. The van der Waals surface area contributed by atoms with Crippen LogP contribution in [0.5, 0.6) is 0 Å². The van der Waals surface area contributed by atoms with Gasteiger partial charge in [0.2, 0.25) is 0 Å². The average Bonchev–Trinajstić information content (AvgIpc) is 3.74. The molecule has 0 bridgehead atoms. The highest BCUT2D eigenvalue weighted by molar-refractivity contribution is 7.17. The Hall–Kier alpha value is -4.22. The summed E-state index contributed by atoms with van der Waals surface area (Å²) < 4.78 is 11.4. The van der Waals surface area contributed by atoms with E-state index >= 15 is 0 Å². The minimum Gasteiger partial charge on any atom is -1.00 e. The first-order valence-corrected chi connectivity index (χ1v) is 22.3. The first kappa shape index (κ1) is 54.1. The van der Waals surface area contributed by atoms with Gasteiger partial charge >= 0.3 is 24.0 Å². The van der Waals surface area contributed by atoms with Crippen molar-refractivity contribution >= 4 is 103 Å². The number of primary amides is 2. The van der Waals surface area contributed by atoms with Gasteiger partial charge in [0, 0.05) is 34.3 Å². The maximum Gasteiger partial charge on any atom is 0.324 e. The van der Waals surface area contributed by atoms with Crippen molar-refractivity contribution < 1.29 is 83.6 Å². The summed E-state index contributed by atoms with van der Waals surface area (Å²) in [7, 11) is 4.15. The molecule has 64 heavy (non-hydrogen) atoms. The van der Waals surface area contributed by atoms with Crippen LogP contribution in [0.15, 0.2) is 48.5 Å². The third-order valence-corrected chi connectivity index (χ3v) is 13.3. The Bertz CT molecular complexity index is 2160. The zero-order valence-electron chi connectivity index (χ0n) is 35.7. The summed E-state index contributed by atoms with van der Waals surface area (Å²) >= 11 is 14.4. The molecule has 2 aliphatic rings. The van der Waals surface area contributed by atoms with Crippen molar-refractivity contribution in [3.8, 4) is 0 Å². The molecule has 2 unspecified atom stereocenters. The summed E-state index contributed by atoms with van der Waals surface area (Å²) in [5, 5.41) is 13.0. The lowest BCUT2D eigenvalue weighted by molar-refractivity contribution is -0.923. The van der Waals surface area contributed by atoms with Gasteiger partial charge in [0.1, 0.15) is 23.1 Å². The van der Waals surface area contributed by atoms with Crippen molar-refractivity contribution in [2.45, 2.75) is 52.6 Å². The number of benzene rings is 2. The summed E-state index contributed by atoms with van der Waals surface area (Å²) in [4.78, 5) is 74.7. The van der Waals surface area contributed by atoms with Gasteiger partial charge in [0.25, 0.3) is 11.8 Å². The maximum atomic E-state index is 12.5. The second-order valence-electron chi connectivity index (χ2n) is 15.4. The SMILES string of the molecule is CCOC(=O)CC[N+]1(C)CCc2c(sc(NC(=O)Nc3ccc(Cl)cc3)c2C(N)=O)C1.CCOC(=O)CC[N+]1(C)CCc2c(sc(NC(=O)Nc3ccc(Cl)cc3)c2C(N)=O)C1.[Cl-].[I-]. The van der Waals surface area contributed by atoms with Crippen LogP contribution in [0, 0.1) is 0 Å². The van der Waals surface area contributed by atoms with E-state index in [0.29, 0.717) is 117 Å². The number of anilines is 4. The molecular formula is C42H52Cl3IN8O8S2. The zero-order valence-corrected chi connectivity index (χ0v) is 41.8. The number of esters is 2. The highest BCUT2D eigenvalue weighted by Gasteiger charge is 2.36. The second kappa shape index (κ2) is 24.3. The van der Waals surface area contributed by atoms with Crippen molar-refractivity contribution in [3.63, 3.8) is 0 Å². The van der Waals surface area contributed by atoms with E-state index in [0.717, 1.165) is 34.0 Å². The fourth-order valence-corrected chi connectivity index (χ4v) is 10.4. The fourth-order valence-electron chi connectivity index (χ4n) is 7.29. The van der Waals surface area contributed by atoms with Crippen LogP contribution in [0.3, 0.4) is 0 Å². The van der Waals surface area contributed by atoms with Crippen molar-refractivity contribution in [1.29, 1.82) is 0 Å². The molecule has 348 valence electrons. The molecule has 0 saturated carbocycles. The minimum absolute atomic E-state index is 0. The number of carbonyl (C=O) groups excluding carboxylic acids is 6. The van der Waals surface area contributed by atoms with Crippen LogP contribution in [0.25, 0.3) is 0 Å². The number of rotatable bonds is 14. The van der Waals surface area contributed by atoms with Gasteiger partial charge in [-0.2, -0.15) is 0 Å². The van der Waals surface area contributed by atoms with Gasteiger partial charge < -0.3 is 76.9 Å². The number of nitrogens with two attached hydrogens (primary N) is 2. The summed E-state index contributed by atoms with van der Waals surface area (Å²) in [6.45, 7) is 8.43. The van der Waals surface area contributed by atoms with Gasteiger partial charge in [-0.05, 0) is 73.5 Å². The number of likely N-dealkylation sites (N-methyl/N-ethyl adjacent to an activating group) is 2. The summed E-state index contributed by atoms with van der Waals surface area (Å²) in [5.74, 6) is -1.56. The molecule has 4 heterocycles. The number of nitrogens with one attached hydrogen (secondary N) is 4. The second-order valence-corrected chi connectivity index (χ2v) is 18.5. The van der Waals surface area contributed by atoms with E-state index in [4.69, 9.17) is 44.1 Å². The van der Waals surface area contributed by atoms with Crippen LogP contribution in [0.1, 0.15) is 68.3 Å². The predicted molar refractivity (Wildman–Crippen MR) is 243 cm³/mol. The number of urea groups is 2. The number of halogens is 4. The van der Waals surface area contributed by atoms with Crippen LogP contribution in [0.2, 0.25) is 10.0 Å². The molecule has 0 aliphatic carbocycles. The van der Waals surface area contributed by atoms with Crippen LogP contribution in [0.4, 0.5) is 31.0 Å². The standard InChI is InChI=1S/2C21H25ClN4O4S.ClH.HI/c2*1-3-30-17(27)9-11-26(2)10-8-15-16(12-26)31-20(18(15)19(23)28)25-21(29)24-14-6-4-13(22)5-7-14;;/h2*4-7H,3,8-12H2,1-2H3,(H3-,23,24,25,28,29);2*1H. The molecule has 0 saturated heterocycles. The Kier molecular flexibility index (Phi) is 20.6. The maximum absolute atomic E-state index is 12.5. The number of carbonyl (C=O) groups is 6. The molecule has 2 atom stereocenters. The number of quaternary nitrogens is 2. The van der Waals surface area contributed by atoms with Crippen LogP contribution < -0.4 is 69.1 Å². The molecule has 2 aromatic carbocycles. The Morgan fingerprint density at radius 1 is 0.625 bits per heavy atom. The lowest BCUT2D eigenvalue weighted by Gasteiger charge is -2.37. The largest absolute Gasteiger partial charge is 1.00 e. The zero-order chi connectivity index (χ0) is 45.2. The van der Waals surface area contributed by atoms with Gasteiger partial charge in [0.05, 0.1) is 87.2 Å². The third kappa shape index (κ3) is 14.9. The first-order chi connectivity index (χ1) is 29.4. The fraction of sp³-hybridized carbons (Fsp3) is 0.381. The highest BCUT2D eigenvalue weighted by atomic mass is 127. The monoisotopic (exact) mass is 1090 g/mol. The highest BCUT2D eigenvalue weighted by Crippen LogP contribution is 2.40. The van der Waals surface area contributed by atoms with E-state index in [9.17, 15) is 28.8 Å². The van der Waals surface area contributed by atoms with Crippen LogP contribution in [-0.4, -0.2) is 98.3 Å². The van der Waals surface area contributed by atoms with Crippen molar-refractivity contribution in [1.82, 2.24) is 0 Å². The number of ether oxygens (including phenoxy) is 2. The average molecular weight is 1090 g/mol. The molecule has 2 aromatic heterocycles. The number of nitrogens with zero attached hydrogens (tertiary/aromatic N) is 2. The normalized spacial score (nSPS) is 17.0. The number of hydrogen-bond donors (Lipinski definition) is 6. The molecule has 0 spiro atoms. The molecule has 6 amide bonds. The summed E-state index contributed by atoms with van der Waals surface area (Å²) in [6, 6.07) is 12.5. The van der Waals surface area contributed by atoms with Gasteiger partial charge in [-0.1, -0.05) is 23.2 Å². The van der Waals surface area contributed by atoms with Gasteiger partial charge in [0.15, 0.2) is 0 Å². The molecule has 2 aliphatic heterocycles. The third-order valence-electron chi connectivity index (χ3n) is 10.5. The van der Waals surface area contributed by atoms with E-state index in [1.165, 1.54) is 22.7 Å². The molecule has 16 nitrogen and oxygen atoms in total. The molecule has 0 radical (unpaired) electrons. The van der Waals surface area contributed by atoms with E-state index in [1.807, 2.05) is 0 Å². The van der Waals surface area contributed by atoms with E-state index < -0.39 is 23.9 Å². The van der Waals surface area contributed by atoms with E-state index in [-0.39, 0.29) is 48.3 Å². The Labute approximate surface area is 413 Å². The molecule has 6 rings (SSSR count). The molecular weight excluding hydrogens is 1040 g/mol. The molecule has 8 N–H and O–H groups in total. The Morgan fingerprint density at radius 3 is 1.28 bits per heavy atom. The predicted octanol–water partition coefficient (Wildman–Crippen LogP) is 1.21. The number of amides is 6. The Morgan fingerprint density at radius 2 is 0.969 bits per heavy atom. The van der Waals surface area contributed by atoms with Crippen molar-refractivity contribution in [3.05, 3.63) is 90.6 Å².